The molecule has 0 aliphatic rings. The van der Waals surface area contributed by atoms with Gasteiger partial charge in [0.15, 0.2) is 5.78 Å². The molecule has 0 aliphatic heterocycles. The minimum Gasteiger partial charge on any atom is -0.427 e. The number of carbonyl (C=O) groups is 2. The maximum atomic E-state index is 12.2. The summed E-state index contributed by atoms with van der Waals surface area (Å²) < 4.78 is 34.6. The van der Waals surface area contributed by atoms with Crippen molar-refractivity contribution >= 4 is 21.9 Å². The van der Waals surface area contributed by atoms with Gasteiger partial charge >= 0.3 is 5.97 Å². The molecule has 2 aromatic carbocycles. The van der Waals surface area contributed by atoms with Crippen LogP contribution in [-0.2, 0) is 14.9 Å². The van der Waals surface area contributed by atoms with Crippen molar-refractivity contribution in [2.24, 2.45) is 0 Å². The summed E-state index contributed by atoms with van der Waals surface area (Å²) in [4.78, 5) is 23.6. The summed E-state index contributed by atoms with van der Waals surface area (Å²) in [6.07, 6.45) is -0.455. The van der Waals surface area contributed by atoms with Crippen LogP contribution in [0.25, 0.3) is 0 Å². The fraction of sp³-hybridized carbons (Fsp3) is 0.125. The Morgan fingerprint density at radius 3 is 2.04 bits per heavy atom. The highest BCUT2D eigenvalue weighted by molar-refractivity contribution is 7.85. The summed E-state index contributed by atoms with van der Waals surface area (Å²) in [7, 11) is -4.21. The van der Waals surface area contributed by atoms with Crippen molar-refractivity contribution in [3.05, 3.63) is 65.7 Å². The van der Waals surface area contributed by atoms with E-state index in [0.29, 0.717) is 11.1 Å². The van der Waals surface area contributed by atoms with E-state index in [1.807, 2.05) is 6.07 Å². The first kappa shape index (κ1) is 16.9. The Hall–Kier alpha value is -2.51. The van der Waals surface area contributed by atoms with Crippen LogP contribution in [0.2, 0.25) is 0 Å². The Balaban J connectivity index is 2.00. The molecule has 0 saturated heterocycles. The number of ether oxygens (including phenoxy) is 1. The van der Waals surface area contributed by atoms with Gasteiger partial charge in [-0.1, -0.05) is 30.3 Å². The topological polar surface area (TPSA) is 97.7 Å². The zero-order valence-electron chi connectivity index (χ0n) is 12.0. The second kappa shape index (κ2) is 7.17. The van der Waals surface area contributed by atoms with Crippen LogP contribution < -0.4 is 4.74 Å². The lowest BCUT2D eigenvalue weighted by Gasteiger charge is -2.05. The first-order chi connectivity index (χ1) is 10.8. The van der Waals surface area contributed by atoms with E-state index >= 15 is 0 Å². The second-order valence-electron chi connectivity index (χ2n) is 4.73. The standard InChI is InChI=1S/C16H14O6S/c17-15(10-11-23(19,20)21)22-14-8-6-13(7-9-14)16(18)12-4-2-1-3-5-12/h1-9H,10-11H2,(H,19,20,21). The highest BCUT2D eigenvalue weighted by Gasteiger charge is 2.12. The van der Waals surface area contributed by atoms with E-state index in [1.54, 1.807) is 24.3 Å². The van der Waals surface area contributed by atoms with Gasteiger partial charge in [0.2, 0.25) is 0 Å². The van der Waals surface area contributed by atoms with E-state index in [9.17, 15) is 18.0 Å². The fourth-order valence-electron chi connectivity index (χ4n) is 1.83. The minimum atomic E-state index is -4.21. The van der Waals surface area contributed by atoms with E-state index in [1.165, 1.54) is 24.3 Å². The van der Waals surface area contributed by atoms with Gasteiger partial charge in [-0.15, -0.1) is 0 Å². The molecule has 0 saturated carbocycles. The largest absolute Gasteiger partial charge is 0.427 e. The number of ketones is 1. The molecule has 0 amide bonds. The third-order valence-corrected chi connectivity index (χ3v) is 3.67. The quantitative estimate of drug-likeness (QED) is 0.376. The van der Waals surface area contributed by atoms with E-state index in [0.717, 1.165) is 0 Å². The molecule has 0 aliphatic carbocycles. The molecule has 2 aromatic rings. The first-order valence-corrected chi connectivity index (χ1v) is 8.32. The zero-order valence-corrected chi connectivity index (χ0v) is 12.8. The molecular weight excluding hydrogens is 320 g/mol. The third kappa shape index (κ3) is 5.32. The minimum absolute atomic E-state index is 0.158. The average molecular weight is 334 g/mol. The lowest BCUT2D eigenvalue weighted by Crippen LogP contribution is -2.14. The van der Waals surface area contributed by atoms with Crippen LogP contribution in [0.3, 0.4) is 0 Å². The van der Waals surface area contributed by atoms with Crippen molar-refractivity contribution in [1.82, 2.24) is 0 Å². The molecule has 0 radical (unpaired) electrons. The average Bonchev–Trinajstić information content (AvgIpc) is 2.53. The molecule has 1 N–H and O–H groups in total. The van der Waals surface area contributed by atoms with E-state index < -0.39 is 28.3 Å². The number of hydrogen-bond donors (Lipinski definition) is 1. The van der Waals surface area contributed by atoms with Crippen molar-refractivity contribution in [2.45, 2.75) is 6.42 Å². The lowest BCUT2D eigenvalue weighted by molar-refractivity contribution is -0.133. The monoisotopic (exact) mass is 334 g/mol. The molecule has 0 heterocycles. The van der Waals surface area contributed by atoms with Gasteiger partial charge in [-0.2, -0.15) is 8.42 Å². The first-order valence-electron chi connectivity index (χ1n) is 6.71. The van der Waals surface area contributed by atoms with Crippen LogP contribution in [0.4, 0.5) is 0 Å². The molecule has 23 heavy (non-hydrogen) atoms. The number of esters is 1. The van der Waals surface area contributed by atoms with Crippen LogP contribution in [-0.4, -0.2) is 30.5 Å². The van der Waals surface area contributed by atoms with Gasteiger partial charge in [-0.3, -0.25) is 14.1 Å². The maximum Gasteiger partial charge on any atom is 0.312 e. The summed E-state index contributed by atoms with van der Waals surface area (Å²) in [6, 6.07) is 14.7. The molecule has 2 rings (SSSR count). The summed E-state index contributed by atoms with van der Waals surface area (Å²) >= 11 is 0. The number of carbonyl (C=O) groups excluding carboxylic acids is 2. The molecule has 0 unspecified atom stereocenters. The SMILES string of the molecule is O=C(CCS(=O)(=O)O)Oc1ccc(C(=O)c2ccccc2)cc1. The van der Waals surface area contributed by atoms with Gasteiger partial charge in [-0.05, 0) is 24.3 Å². The molecule has 0 bridgehead atoms. The lowest BCUT2D eigenvalue weighted by atomic mass is 10.0. The van der Waals surface area contributed by atoms with Crippen LogP contribution in [0, 0.1) is 0 Å². The molecule has 6 nitrogen and oxygen atoms in total. The number of hydrogen-bond acceptors (Lipinski definition) is 5. The van der Waals surface area contributed by atoms with Crippen molar-refractivity contribution in [3.63, 3.8) is 0 Å². The number of rotatable bonds is 6. The van der Waals surface area contributed by atoms with E-state index in [-0.39, 0.29) is 11.5 Å². The van der Waals surface area contributed by atoms with Crippen molar-refractivity contribution in [3.8, 4) is 5.75 Å². The smallest absolute Gasteiger partial charge is 0.312 e. The Labute approximate surface area is 133 Å². The highest BCUT2D eigenvalue weighted by Crippen LogP contribution is 2.16. The van der Waals surface area contributed by atoms with Crippen LogP contribution in [0.15, 0.2) is 54.6 Å². The Morgan fingerprint density at radius 2 is 1.48 bits per heavy atom. The molecule has 120 valence electrons. The van der Waals surface area contributed by atoms with Gasteiger partial charge in [0.25, 0.3) is 10.1 Å². The van der Waals surface area contributed by atoms with E-state index in [2.05, 4.69) is 0 Å². The van der Waals surface area contributed by atoms with E-state index in [4.69, 9.17) is 9.29 Å². The van der Waals surface area contributed by atoms with Gasteiger partial charge in [-0.25, -0.2) is 0 Å². The van der Waals surface area contributed by atoms with Crippen LogP contribution in [0.5, 0.6) is 5.75 Å². The summed E-state index contributed by atoms with van der Waals surface area (Å²) in [5.41, 5.74) is 0.985. The van der Waals surface area contributed by atoms with Gasteiger partial charge in [0.05, 0.1) is 12.2 Å². The Bertz CT molecular complexity index is 794. The third-order valence-electron chi connectivity index (χ3n) is 2.95. The summed E-state index contributed by atoms with van der Waals surface area (Å²) in [6.45, 7) is 0. The maximum absolute atomic E-state index is 12.2. The van der Waals surface area contributed by atoms with Gasteiger partial charge in [0, 0.05) is 11.1 Å². The molecular formula is C16H14O6S. The Morgan fingerprint density at radius 1 is 0.913 bits per heavy atom. The molecule has 0 aromatic heterocycles. The zero-order chi connectivity index (χ0) is 16.9. The predicted molar refractivity (Wildman–Crippen MR) is 83.0 cm³/mol. The highest BCUT2D eigenvalue weighted by atomic mass is 32.2. The van der Waals surface area contributed by atoms with Crippen LogP contribution in [0.1, 0.15) is 22.3 Å². The van der Waals surface area contributed by atoms with Crippen molar-refractivity contribution in [1.29, 1.82) is 0 Å². The van der Waals surface area contributed by atoms with Crippen LogP contribution >= 0.6 is 0 Å². The molecule has 0 spiro atoms. The van der Waals surface area contributed by atoms with Gasteiger partial charge in [0.1, 0.15) is 5.75 Å². The molecule has 7 heteroatoms. The molecule has 0 fully saturated rings. The second-order valence-corrected chi connectivity index (χ2v) is 6.30. The Kier molecular flexibility index (Phi) is 5.25. The summed E-state index contributed by atoms with van der Waals surface area (Å²) in [5.74, 6) is -1.45. The normalized spacial score (nSPS) is 11.0. The van der Waals surface area contributed by atoms with Crippen molar-refractivity contribution in [2.75, 3.05) is 5.75 Å². The predicted octanol–water partition coefficient (Wildman–Crippen LogP) is 2.10. The summed E-state index contributed by atoms with van der Waals surface area (Å²) in [5, 5.41) is 0. The number of benzene rings is 2. The van der Waals surface area contributed by atoms with Crippen molar-refractivity contribution < 1.29 is 27.3 Å². The van der Waals surface area contributed by atoms with Gasteiger partial charge < -0.3 is 4.74 Å². The molecule has 0 atom stereocenters. The fourth-order valence-corrected chi connectivity index (χ4v) is 2.25.